The Balaban J connectivity index is 1.70. The molecule has 2 aromatic carbocycles. The van der Waals surface area contributed by atoms with E-state index in [0.717, 1.165) is 25.0 Å². The van der Waals surface area contributed by atoms with Crippen LogP contribution >= 0.6 is 0 Å². The molecule has 0 aliphatic rings. The molecule has 34 heavy (non-hydrogen) atoms. The van der Waals surface area contributed by atoms with Crippen molar-refractivity contribution in [3.8, 4) is 11.5 Å². The van der Waals surface area contributed by atoms with Gasteiger partial charge in [0, 0.05) is 11.1 Å². The number of carbonyl (C=O) groups excluding carboxylic acids is 4. The van der Waals surface area contributed by atoms with Crippen LogP contribution in [-0.4, -0.2) is 50.1 Å². The number of benzene rings is 2. The van der Waals surface area contributed by atoms with Gasteiger partial charge in [-0.3, -0.25) is 24.5 Å². The molecule has 0 aromatic heterocycles. The van der Waals surface area contributed by atoms with Crippen molar-refractivity contribution in [1.29, 1.82) is 0 Å². The summed E-state index contributed by atoms with van der Waals surface area (Å²) in [6.45, 7) is -1.62. The maximum absolute atomic E-state index is 12.1. The third-order valence-corrected chi connectivity index (χ3v) is 4.24. The van der Waals surface area contributed by atoms with Gasteiger partial charge >= 0.3 is 12.6 Å². The van der Waals surface area contributed by atoms with Gasteiger partial charge in [-0.25, -0.2) is 0 Å². The smallest absolute Gasteiger partial charge is 0.387 e. The van der Waals surface area contributed by atoms with Crippen molar-refractivity contribution >= 4 is 23.7 Å². The van der Waals surface area contributed by atoms with E-state index in [9.17, 15) is 28.0 Å². The Hall–Kier alpha value is -4.02. The topological polar surface area (TPSA) is 120 Å². The van der Waals surface area contributed by atoms with Gasteiger partial charge in [-0.2, -0.15) is 8.78 Å². The van der Waals surface area contributed by atoms with Gasteiger partial charge in [0.05, 0.1) is 6.61 Å². The number of rotatable bonds is 12. The van der Waals surface area contributed by atoms with Crippen LogP contribution in [0.25, 0.3) is 0 Å². The van der Waals surface area contributed by atoms with Crippen LogP contribution in [0.5, 0.6) is 11.5 Å². The van der Waals surface area contributed by atoms with Crippen LogP contribution in [0.2, 0.25) is 0 Å². The van der Waals surface area contributed by atoms with Crippen LogP contribution < -0.4 is 20.1 Å². The molecule has 0 fully saturated rings. The first-order valence-corrected chi connectivity index (χ1v) is 10.3. The number of halogens is 2. The van der Waals surface area contributed by atoms with Gasteiger partial charge in [0.25, 0.3) is 17.7 Å². The molecule has 0 aliphatic heterocycles. The highest BCUT2D eigenvalue weighted by molar-refractivity contribution is 6.05. The van der Waals surface area contributed by atoms with Crippen molar-refractivity contribution in [1.82, 2.24) is 10.6 Å². The molecule has 0 heterocycles. The largest absolute Gasteiger partial charge is 0.494 e. The molecule has 0 unspecified atom stereocenters. The van der Waals surface area contributed by atoms with Crippen LogP contribution in [0.3, 0.4) is 0 Å². The standard InChI is InChI=1S/C23H24F2N2O7/c1-2-3-12-32-17-8-4-15(5-9-17)21(30)26-13-20(29)33-14-19(28)27-22(31)16-6-10-18(11-7-16)34-23(24)25/h4-11,23H,2-3,12-14H2,1H3,(H,26,30)(H,27,28,31). The van der Waals surface area contributed by atoms with Gasteiger partial charge < -0.3 is 19.5 Å². The fraction of sp³-hybridized carbons (Fsp3) is 0.304. The average Bonchev–Trinajstić information content (AvgIpc) is 2.82. The molecular formula is C23H24F2N2O7. The van der Waals surface area contributed by atoms with E-state index in [0.29, 0.717) is 17.9 Å². The molecule has 0 atom stereocenters. The lowest BCUT2D eigenvalue weighted by Gasteiger charge is -2.09. The number of unbranched alkanes of at least 4 members (excludes halogenated alkanes) is 1. The summed E-state index contributed by atoms with van der Waals surface area (Å²) in [5, 5.41) is 4.34. The Morgan fingerprint density at radius 3 is 2.06 bits per heavy atom. The van der Waals surface area contributed by atoms with Crippen LogP contribution in [0.1, 0.15) is 40.5 Å². The second-order valence-electron chi connectivity index (χ2n) is 6.85. The third-order valence-electron chi connectivity index (χ3n) is 4.24. The number of imide groups is 1. The normalized spacial score (nSPS) is 10.4. The van der Waals surface area contributed by atoms with Crippen LogP contribution in [0.15, 0.2) is 48.5 Å². The van der Waals surface area contributed by atoms with Gasteiger partial charge in [0.1, 0.15) is 18.0 Å². The molecule has 11 heteroatoms. The van der Waals surface area contributed by atoms with Crippen LogP contribution in [0.4, 0.5) is 8.78 Å². The van der Waals surface area contributed by atoms with E-state index in [2.05, 4.69) is 10.1 Å². The molecule has 2 aromatic rings. The fourth-order valence-electron chi connectivity index (χ4n) is 2.51. The fourth-order valence-corrected chi connectivity index (χ4v) is 2.51. The molecule has 0 saturated carbocycles. The number of hydrogen-bond donors (Lipinski definition) is 2. The third kappa shape index (κ3) is 9.23. The zero-order chi connectivity index (χ0) is 24.9. The van der Waals surface area contributed by atoms with Crippen molar-refractivity contribution in [2.75, 3.05) is 19.8 Å². The zero-order valence-corrected chi connectivity index (χ0v) is 18.3. The highest BCUT2D eigenvalue weighted by Crippen LogP contribution is 2.15. The van der Waals surface area contributed by atoms with Crippen LogP contribution in [0, 0.1) is 0 Å². The molecule has 0 bridgehead atoms. The van der Waals surface area contributed by atoms with E-state index in [4.69, 9.17) is 9.47 Å². The molecule has 0 aliphatic carbocycles. The van der Waals surface area contributed by atoms with Crippen molar-refractivity contribution < 1.29 is 42.2 Å². The summed E-state index contributed by atoms with van der Waals surface area (Å²) in [5.41, 5.74) is 0.319. The van der Waals surface area contributed by atoms with E-state index < -0.39 is 43.5 Å². The second kappa shape index (κ2) is 13.5. The quantitative estimate of drug-likeness (QED) is 0.356. The summed E-state index contributed by atoms with van der Waals surface area (Å²) in [6, 6.07) is 11.0. The first kappa shape index (κ1) is 26.2. The first-order chi connectivity index (χ1) is 16.3. The summed E-state index contributed by atoms with van der Waals surface area (Å²) in [7, 11) is 0. The lowest BCUT2D eigenvalue weighted by Crippen LogP contribution is -2.36. The van der Waals surface area contributed by atoms with E-state index in [-0.39, 0.29) is 11.3 Å². The lowest BCUT2D eigenvalue weighted by molar-refractivity contribution is -0.147. The van der Waals surface area contributed by atoms with Crippen molar-refractivity contribution in [3.05, 3.63) is 59.7 Å². The number of carbonyl (C=O) groups is 4. The SMILES string of the molecule is CCCCOc1ccc(C(=O)NCC(=O)OCC(=O)NC(=O)c2ccc(OC(F)F)cc2)cc1. The maximum Gasteiger partial charge on any atom is 0.387 e. The molecule has 3 amide bonds. The Labute approximate surface area is 194 Å². The minimum Gasteiger partial charge on any atom is -0.494 e. The number of nitrogens with one attached hydrogen (secondary N) is 2. The summed E-state index contributed by atoms with van der Waals surface area (Å²) >= 11 is 0. The zero-order valence-electron chi connectivity index (χ0n) is 18.3. The summed E-state index contributed by atoms with van der Waals surface area (Å²) in [5.74, 6) is -2.65. The van der Waals surface area contributed by atoms with E-state index in [1.165, 1.54) is 12.1 Å². The number of hydrogen-bond acceptors (Lipinski definition) is 7. The van der Waals surface area contributed by atoms with E-state index >= 15 is 0 Å². The van der Waals surface area contributed by atoms with Gasteiger partial charge in [-0.15, -0.1) is 0 Å². The Morgan fingerprint density at radius 2 is 1.47 bits per heavy atom. The van der Waals surface area contributed by atoms with Gasteiger partial charge in [0.15, 0.2) is 6.61 Å². The minimum absolute atomic E-state index is 0.00957. The van der Waals surface area contributed by atoms with Crippen molar-refractivity contribution in [2.45, 2.75) is 26.4 Å². The molecule has 182 valence electrons. The number of alkyl halides is 2. The minimum atomic E-state index is -3.00. The van der Waals surface area contributed by atoms with Gasteiger partial charge in [0.2, 0.25) is 0 Å². The summed E-state index contributed by atoms with van der Waals surface area (Å²) in [4.78, 5) is 47.7. The van der Waals surface area contributed by atoms with Crippen molar-refractivity contribution in [3.63, 3.8) is 0 Å². The second-order valence-corrected chi connectivity index (χ2v) is 6.85. The predicted molar refractivity (Wildman–Crippen MR) is 116 cm³/mol. The van der Waals surface area contributed by atoms with Gasteiger partial charge in [-0.1, -0.05) is 13.3 Å². The van der Waals surface area contributed by atoms with Gasteiger partial charge in [-0.05, 0) is 55.0 Å². The predicted octanol–water partition coefficient (Wildman–Crippen LogP) is 2.70. The molecular weight excluding hydrogens is 454 g/mol. The number of amides is 3. The number of esters is 1. The summed E-state index contributed by atoms with van der Waals surface area (Å²) < 4.78 is 38.7. The molecule has 9 nitrogen and oxygen atoms in total. The first-order valence-electron chi connectivity index (χ1n) is 10.3. The van der Waals surface area contributed by atoms with E-state index in [1.807, 2.05) is 12.2 Å². The lowest BCUT2D eigenvalue weighted by atomic mass is 10.2. The molecule has 0 saturated heterocycles. The number of ether oxygens (including phenoxy) is 3. The highest BCUT2D eigenvalue weighted by Gasteiger charge is 2.14. The molecule has 0 spiro atoms. The molecule has 2 N–H and O–H groups in total. The monoisotopic (exact) mass is 478 g/mol. The Morgan fingerprint density at radius 1 is 0.882 bits per heavy atom. The molecule has 2 rings (SSSR count). The Bertz CT molecular complexity index is 980. The van der Waals surface area contributed by atoms with Crippen LogP contribution in [-0.2, 0) is 14.3 Å². The van der Waals surface area contributed by atoms with Crippen molar-refractivity contribution in [2.24, 2.45) is 0 Å². The average molecular weight is 478 g/mol. The van der Waals surface area contributed by atoms with E-state index in [1.54, 1.807) is 24.3 Å². The summed E-state index contributed by atoms with van der Waals surface area (Å²) in [6.07, 6.45) is 1.92. The molecule has 0 radical (unpaired) electrons. The Kier molecular flexibility index (Phi) is 10.4. The highest BCUT2D eigenvalue weighted by atomic mass is 19.3. The maximum atomic E-state index is 12.1.